The fourth-order valence-corrected chi connectivity index (χ4v) is 1.14. The molecule has 1 unspecified atom stereocenters. The lowest BCUT2D eigenvalue weighted by molar-refractivity contribution is 0.0804. The van der Waals surface area contributed by atoms with E-state index in [0.717, 1.165) is 0 Å². The lowest BCUT2D eigenvalue weighted by Crippen LogP contribution is -2.15. The van der Waals surface area contributed by atoms with Crippen LogP contribution in [0.3, 0.4) is 0 Å². The summed E-state index contributed by atoms with van der Waals surface area (Å²) in [5.74, 6) is -0.719. The number of alkyl halides is 1. The van der Waals surface area contributed by atoms with Crippen molar-refractivity contribution in [2.45, 2.75) is 5.01 Å². The molecule has 0 aliphatic rings. The van der Waals surface area contributed by atoms with Crippen LogP contribution in [0.15, 0.2) is 24.3 Å². The van der Waals surface area contributed by atoms with Crippen molar-refractivity contribution in [3.8, 4) is 0 Å². The summed E-state index contributed by atoms with van der Waals surface area (Å²) >= 11 is 3.01. The summed E-state index contributed by atoms with van der Waals surface area (Å²) in [5, 5.41) is -0.714. The number of ether oxygens (including phenoxy) is 1. The van der Waals surface area contributed by atoms with Gasteiger partial charge in [-0.3, -0.25) is 4.79 Å². The maximum absolute atomic E-state index is 12.7. The molecule has 0 fully saturated rings. The van der Waals surface area contributed by atoms with E-state index in [1.165, 1.54) is 25.3 Å². The highest BCUT2D eigenvalue weighted by Crippen LogP contribution is 2.11. The number of Topliss-reactive ketones (excluding diaryl/α,β-unsaturated/α-hetero) is 1. The van der Waals surface area contributed by atoms with E-state index in [2.05, 4.69) is 15.9 Å². The van der Waals surface area contributed by atoms with Crippen LogP contribution in [-0.2, 0) is 4.74 Å². The van der Waals surface area contributed by atoms with E-state index in [-0.39, 0.29) is 5.78 Å². The third-order valence-electron chi connectivity index (χ3n) is 1.52. The zero-order valence-corrected chi connectivity index (χ0v) is 8.55. The first-order chi connectivity index (χ1) is 6.15. The number of methoxy groups -OCH3 is 1. The average molecular weight is 247 g/mol. The van der Waals surface area contributed by atoms with Crippen LogP contribution in [0.5, 0.6) is 0 Å². The number of benzene rings is 1. The van der Waals surface area contributed by atoms with Crippen LogP contribution >= 0.6 is 15.9 Å². The Morgan fingerprint density at radius 3 is 2.85 bits per heavy atom. The van der Waals surface area contributed by atoms with Crippen LogP contribution in [0.2, 0.25) is 0 Å². The van der Waals surface area contributed by atoms with Crippen molar-refractivity contribution in [2.75, 3.05) is 7.11 Å². The molecule has 0 N–H and O–H groups in total. The van der Waals surface area contributed by atoms with Crippen molar-refractivity contribution >= 4 is 21.7 Å². The highest BCUT2D eigenvalue weighted by atomic mass is 79.9. The van der Waals surface area contributed by atoms with Gasteiger partial charge in [-0.1, -0.05) is 12.1 Å². The average Bonchev–Trinajstić information content (AvgIpc) is 2.15. The Morgan fingerprint density at radius 2 is 2.31 bits per heavy atom. The molecule has 1 rings (SSSR count). The van der Waals surface area contributed by atoms with E-state index in [0.29, 0.717) is 5.56 Å². The van der Waals surface area contributed by atoms with Crippen LogP contribution in [-0.4, -0.2) is 17.9 Å². The molecule has 0 aliphatic heterocycles. The molecule has 4 heteroatoms. The van der Waals surface area contributed by atoms with Gasteiger partial charge in [0.1, 0.15) is 5.82 Å². The van der Waals surface area contributed by atoms with E-state index in [1.54, 1.807) is 6.07 Å². The number of halogens is 2. The summed E-state index contributed by atoms with van der Waals surface area (Å²) in [6, 6.07) is 5.49. The lowest BCUT2D eigenvalue weighted by atomic mass is 10.1. The minimum atomic E-state index is -0.714. The zero-order chi connectivity index (χ0) is 9.84. The Labute approximate surface area is 83.8 Å². The second-order valence-corrected chi connectivity index (χ2v) is 3.26. The van der Waals surface area contributed by atoms with Crippen molar-refractivity contribution in [1.29, 1.82) is 0 Å². The number of hydrogen-bond donors (Lipinski definition) is 0. The maximum atomic E-state index is 12.7. The molecule has 0 spiro atoms. The minimum Gasteiger partial charge on any atom is -0.362 e. The van der Waals surface area contributed by atoms with Crippen molar-refractivity contribution in [1.82, 2.24) is 0 Å². The first-order valence-electron chi connectivity index (χ1n) is 3.62. The molecule has 0 amide bonds. The second kappa shape index (κ2) is 4.48. The van der Waals surface area contributed by atoms with Crippen LogP contribution in [0.1, 0.15) is 10.4 Å². The third-order valence-corrected chi connectivity index (χ3v) is 2.31. The van der Waals surface area contributed by atoms with Gasteiger partial charge < -0.3 is 4.74 Å². The van der Waals surface area contributed by atoms with Gasteiger partial charge in [-0.2, -0.15) is 0 Å². The second-order valence-electron chi connectivity index (χ2n) is 2.43. The van der Waals surface area contributed by atoms with Crippen LogP contribution < -0.4 is 0 Å². The van der Waals surface area contributed by atoms with Gasteiger partial charge in [0.2, 0.25) is 5.78 Å². The molecule has 1 aromatic rings. The summed E-state index contributed by atoms with van der Waals surface area (Å²) in [6.07, 6.45) is 0. The van der Waals surface area contributed by atoms with Gasteiger partial charge in [0.25, 0.3) is 0 Å². The van der Waals surface area contributed by atoms with E-state index >= 15 is 0 Å². The molecule has 0 radical (unpaired) electrons. The van der Waals surface area contributed by atoms with Crippen molar-refractivity contribution in [3.63, 3.8) is 0 Å². The van der Waals surface area contributed by atoms with E-state index in [9.17, 15) is 9.18 Å². The number of hydrogen-bond acceptors (Lipinski definition) is 2. The fourth-order valence-electron chi connectivity index (χ4n) is 0.880. The molecule has 0 aliphatic carbocycles. The van der Waals surface area contributed by atoms with Gasteiger partial charge >= 0.3 is 0 Å². The molecule has 0 bridgehead atoms. The highest BCUT2D eigenvalue weighted by Gasteiger charge is 2.15. The number of carbonyl (C=O) groups is 1. The van der Waals surface area contributed by atoms with Gasteiger partial charge in [0.15, 0.2) is 5.01 Å². The Morgan fingerprint density at radius 1 is 1.62 bits per heavy atom. The standard InChI is InChI=1S/C9H8BrFO2/c1-13-9(10)8(12)6-3-2-4-7(11)5-6/h2-5,9H,1H3. The first kappa shape index (κ1) is 10.3. The number of carbonyl (C=O) groups excluding carboxylic acids is 1. The molecule has 2 nitrogen and oxygen atoms in total. The van der Waals surface area contributed by atoms with E-state index in [1.807, 2.05) is 0 Å². The van der Waals surface area contributed by atoms with Crippen LogP contribution in [0.4, 0.5) is 4.39 Å². The molecular formula is C9H8BrFO2. The predicted molar refractivity (Wildman–Crippen MR) is 50.5 cm³/mol. The van der Waals surface area contributed by atoms with Gasteiger partial charge in [0.05, 0.1) is 0 Å². The first-order valence-corrected chi connectivity index (χ1v) is 4.53. The van der Waals surface area contributed by atoms with Crippen LogP contribution in [0, 0.1) is 5.82 Å². The van der Waals surface area contributed by atoms with Crippen molar-refractivity contribution < 1.29 is 13.9 Å². The summed E-state index contributed by atoms with van der Waals surface area (Å²) in [7, 11) is 1.40. The van der Waals surface area contributed by atoms with E-state index in [4.69, 9.17) is 4.74 Å². The molecular weight excluding hydrogens is 239 g/mol. The maximum Gasteiger partial charge on any atom is 0.202 e. The summed E-state index contributed by atoms with van der Waals surface area (Å²) < 4.78 is 17.4. The lowest BCUT2D eigenvalue weighted by Gasteiger charge is -2.05. The molecule has 1 aromatic carbocycles. The topological polar surface area (TPSA) is 26.3 Å². The monoisotopic (exact) mass is 246 g/mol. The third kappa shape index (κ3) is 2.60. The highest BCUT2D eigenvalue weighted by molar-refractivity contribution is 9.09. The van der Waals surface area contributed by atoms with Gasteiger partial charge in [-0.15, -0.1) is 0 Å². The van der Waals surface area contributed by atoms with Gasteiger partial charge in [-0.05, 0) is 28.1 Å². The SMILES string of the molecule is COC(Br)C(=O)c1cccc(F)c1. The molecule has 13 heavy (non-hydrogen) atoms. The molecule has 0 saturated carbocycles. The normalized spacial score (nSPS) is 12.5. The molecule has 1 atom stereocenters. The Bertz CT molecular complexity index is 314. The fraction of sp³-hybridized carbons (Fsp3) is 0.222. The Kier molecular flexibility index (Phi) is 3.57. The number of rotatable bonds is 3. The Balaban J connectivity index is 2.89. The number of ketones is 1. The molecule has 0 aromatic heterocycles. The van der Waals surface area contributed by atoms with Gasteiger partial charge in [0, 0.05) is 12.7 Å². The summed E-state index contributed by atoms with van der Waals surface area (Å²) in [4.78, 5) is 11.4. The van der Waals surface area contributed by atoms with Gasteiger partial charge in [-0.25, -0.2) is 4.39 Å². The van der Waals surface area contributed by atoms with E-state index < -0.39 is 10.8 Å². The molecule has 70 valence electrons. The largest absolute Gasteiger partial charge is 0.362 e. The minimum absolute atomic E-state index is 0.290. The van der Waals surface area contributed by atoms with Crippen LogP contribution in [0.25, 0.3) is 0 Å². The van der Waals surface area contributed by atoms with Crippen molar-refractivity contribution in [2.24, 2.45) is 0 Å². The summed E-state index contributed by atoms with van der Waals surface area (Å²) in [5.41, 5.74) is 0.295. The molecule has 0 saturated heterocycles. The smallest absolute Gasteiger partial charge is 0.202 e. The predicted octanol–water partition coefficient (Wildman–Crippen LogP) is 2.38. The zero-order valence-electron chi connectivity index (χ0n) is 6.96. The van der Waals surface area contributed by atoms with Crippen molar-refractivity contribution in [3.05, 3.63) is 35.6 Å². The Hall–Kier alpha value is -0.740. The quantitative estimate of drug-likeness (QED) is 0.605. The molecule has 0 heterocycles. The summed E-state index contributed by atoms with van der Waals surface area (Å²) in [6.45, 7) is 0.